The zero-order chi connectivity index (χ0) is 29.1. The molecule has 13 heteroatoms. The monoisotopic (exact) mass is 566 g/mol. The van der Waals surface area contributed by atoms with Gasteiger partial charge in [0, 0.05) is 62.5 Å². The topological polar surface area (TPSA) is 92.6 Å². The molecule has 0 unspecified atom stereocenters. The second-order valence-corrected chi connectivity index (χ2v) is 10.1. The molecule has 8 nitrogen and oxygen atoms in total. The number of hydrogen-bond acceptors (Lipinski definition) is 7. The number of carbonyl (C=O) groups excluding carboxylic acids is 2. The molecule has 0 radical (unpaired) electrons. The van der Waals surface area contributed by atoms with Gasteiger partial charge in [-0.2, -0.15) is 13.2 Å². The van der Waals surface area contributed by atoms with E-state index in [9.17, 15) is 22.8 Å². The highest BCUT2D eigenvalue weighted by Crippen LogP contribution is 2.36. The average molecular weight is 567 g/mol. The second kappa shape index (κ2) is 12.1. The molecule has 1 aromatic heterocycles. The Bertz CT molecular complexity index is 1320. The van der Waals surface area contributed by atoms with Gasteiger partial charge in [0.2, 0.25) is 0 Å². The number of halogens is 4. The maximum absolute atomic E-state index is 15.2. The van der Waals surface area contributed by atoms with Crippen LogP contribution >= 0.6 is 11.3 Å². The molecule has 0 atom stereocenters. The first-order chi connectivity index (χ1) is 18.2. The van der Waals surface area contributed by atoms with E-state index in [0.29, 0.717) is 19.2 Å². The summed E-state index contributed by atoms with van der Waals surface area (Å²) in [5, 5.41) is 11.6. The van der Waals surface area contributed by atoms with Crippen LogP contribution in [0.2, 0.25) is 0 Å². The van der Waals surface area contributed by atoms with E-state index < -0.39 is 29.0 Å². The maximum atomic E-state index is 15.2. The van der Waals surface area contributed by atoms with Crippen LogP contribution in [-0.4, -0.2) is 85.8 Å². The van der Waals surface area contributed by atoms with E-state index in [1.54, 1.807) is 19.0 Å². The van der Waals surface area contributed by atoms with Gasteiger partial charge in [0.15, 0.2) is 5.01 Å². The Kier molecular flexibility index (Phi) is 9.28. The number of aromatic nitrogens is 1. The normalized spacial score (nSPS) is 15.4. The number of rotatable bonds is 7. The van der Waals surface area contributed by atoms with E-state index >= 15 is 4.39 Å². The standard InChI is InChI=1S/C26H30F4N6O2S/c1-6-16(18(11-15(2)31)26(28,29)30)23(37)32-20-12-17(19(27)13-22(20)34(3)4)21-14-39-24(33-21)25(38)36-9-7-35(5)8-10-36/h6,11-14,31H,7-10H2,1-5H3,(H,32,37)/b16-6+,18-11+,31-15?. The first-order valence-corrected chi connectivity index (χ1v) is 12.9. The molecule has 2 heterocycles. The number of piperazine rings is 1. The third-order valence-corrected chi connectivity index (χ3v) is 6.89. The Morgan fingerprint density at radius 1 is 1.18 bits per heavy atom. The van der Waals surface area contributed by atoms with E-state index in [-0.39, 0.29) is 39.3 Å². The van der Waals surface area contributed by atoms with Crippen LogP contribution in [-0.2, 0) is 4.79 Å². The van der Waals surface area contributed by atoms with Crippen LogP contribution in [0.15, 0.2) is 40.8 Å². The molecule has 0 saturated carbocycles. The number of thiazole rings is 1. The van der Waals surface area contributed by atoms with Crippen LogP contribution < -0.4 is 10.2 Å². The Labute approximate surface area is 228 Å². The number of nitrogens with one attached hydrogen (secondary N) is 2. The highest BCUT2D eigenvalue weighted by Gasteiger charge is 2.38. The van der Waals surface area contributed by atoms with Gasteiger partial charge in [-0.1, -0.05) is 6.08 Å². The van der Waals surface area contributed by atoms with E-state index in [1.165, 1.54) is 30.2 Å². The number of alkyl halides is 3. The minimum Gasteiger partial charge on any atom is -0.376 e. The molecule has 2 amide bonds. The lowest BCUT2D eigenvalue weighted by Crippen LogP contribution is -2.47. The average Bonchev–Trinajstić information content (AvgIpc) is 3.34. The quantitative estimate of drug-likeness (QED) is 0.217. The molecule has 210 valence electrons. The van der Waals surface area contributed by atoms with E-state index in [0.717, 1.165) is 36.6 Å². The van der Waals surface area contributed by atoms with Gasteiger partial charge in [0.25, 0.3) is 11.8 Å². The summed E-state index contributed by atoms with van der Waals surface area (Å²) in [4.78, 5) is 35.6. The third kappa shape index (κ3) is 7.09. The lowest BCUT2D eigenvalue weighted by atomic mass is 10.0. The molecule has 0 spiro atoms. The second-order valence-electron chi connectivity index (χ2n) is 9.27. The maximum Gasteiger partial charge on any atom is 0.417 e. The molecule has 3 rings (SSSR count). The van der Waals surface area contributed by atoms with Crippen LogP contribution in [0.1, 0.15) is 23.6 Å². The van der Waals surface area contributed by atoms with Crippen molar-refractivity contribution in [3.05, 3.63) is 51.6 Å². The molecule has 2 aromatic rings. The number of amides is 2. The SMILES string of the molecule is C/C=C(C(=O)Nc1cc(-c2csc(C(=O)N3CCN(C)CC3)n2)c(F)cc1N(C)C)\C(=C/C(C)=N)C(F)(F)F. The van der Waals surface area contributed by atoms with Gasteiger partial charge in [0.1, 0.15) is 5.82 Å². The van der Waals surface area contributed by atoms with Gasteiger partial charge in [-0.15, -0.1) is 11.3 Å². The lowest BCUT2D eigenvalue weighted by molar-refractivity contribution is -0.115. The lowest BCUT2D eigenvalue weighted by Gasteiger charge is -2.31. The highest BCUT2D eigenvalue weighted by atomic mass is 32.1. The molecule has 1 aliphatic rings. The summed E-state index contributed by atoms with van der Waals surface area (Å²) < 4.78 is 56.3. The summed E-state index contributed by atoms with van der Waals surface area (Å²) in [5.74, 6) is -2.02. The predicted molar refractivity (Wildman–Crippen MR) is 145 cm³/mol. The van der Waals surface area contributed by atoms with E-state index in [4.69, 9.17) is 5.41 Å². The Balaban J connectivity index is 1.97. The van der Waals surface area contributed by atoms with Crippen molar-refractivity contribution >= 4 is 40.2 Å². The fourth-order valence-corrected chi connectivity index (χ4v) is 4.78. The molecule has 1 aromatic carbocycles. The van der Waals surface area contributed by atoms with Crippen LogP contribution in [0.25, 0.3) is 11.3 Å². The highest BCUT2D eigenvalue weighted by molar-refractivity contribution is 7.12. The smallest absolute Gasteiger partial charge is 0.376 e. The number of hydrogen-bond donors (Lipinski definition) is 2. The van der Waals surface area contributed by atoms with Gasteiger partial charge < -0.3 is 25.4 Å². The summed E-state index contributed by atoms with van der Waals surface area (Å²) >= 11 is 1.06. The van der Waals surface area contributed by atoms with Gasteiger partial charge in [-0.3, -0.25) is 9.59 Å². The van der Waals surface area contributed by atoms with Crippen molar-refractivity contribution in [3.8, 4) is 11.3 Å². The number of nitrogens with zero attached hydrogens (tertiary/aromatic N) is 4. The summed E-state index contributed by atoms with van der Waals surface area (Å²) in [7, 11) is 5.15. The Morgan fingerprint density at radius 2 is 1.82 bits per heavy atom. The summed E-state index contributed by atoms with van der Waals surface area (Å²) in [6.07, 6.45) is -3.30. The van der Waals surface area contributed by atoms with Crippen molar-refractivity contribution in [1.82, 2.24) is 14.8 Å². The first-order valence-electron chi connectivity index (χ1n) is 12.0. The van der Waals surface area contributed by atoms with E-state index in [2.05, 4.69) is 15.2 Å². The number of carbonyl (C=O) groups is 2. The first kappa shape index (κ1) is 30.0. The third-order valence-electron chi connectivity index (χ3n) is 6.06. The van der Waals surface area contributed by atoms with Crippen molar-refractivity contribution in [2.75, 3.05) is 57.5 Å². The van der Waals surface area contributed by atoms with Crippen molar-refractivity contribution in [1.29, 1.82) is 5.41 Å². The van der Waals surface area contributed by atoms with Gasteiger partial charge >= 0.3 is 6.18 Å². The van der Waals surface area contributed by atoms with Crippen molar-refractivity contribution in [3.63, 3.8) is 0 Å². The Morgan fingerprint density at radius 3 is 2.36 bits per heavy atom. The van der Waals surface area contributed by atoms with Crippen LogP contribution in [0, 0.1) is 11.2 Å². The molecule has 39 heavy (non-hydrogen) atoms. The fourth-order valence-electron chi connectivity index (χ4n) is 4.00. The Hall–Kier alpha value is -3.58. The molecular formula is C26H30F4N6O2S. The van der Waals surface area contributed by atoms with Gasteiger partial charge in [-0.25, -0.2) is 9.37 Å². The van der Waals surface area contributed by atoms with Crippen molar-refractivity contribution in [2.24, 2.45) is 0 Å². The van der Waals surface area contributed by atoms with E-state index in [1.807, 2.05) is 7.05 Å². The van der Waals surface area contributed by atoms with Crippen molar-refractivity contribution in [2.45, 2.75) is 20.0 Å². The molecule has 1 saturated heterocycles. The zero-order valence-electron chi connectivity index (χ0n) is 22.2. The summed E-state index contributed by atoms with van der Waals surface area (Å²) in [5.41, 5.74) is -1.92. The molecular weight excluding hydrogens is 536 g/mol. The van der Waals surface area contributed by atoms with Crippen LogP contribution in [0.3, 0.4) is 0 Å². The number of allylic oxidation sites excluding steroid dienone is 2. The summed E-state index contributed by atoms with van der Waals surface area (Å²) in [6, 6.07) is 2.43. The van der Waals surface area contributed by atoms with Gasteiger partial charge in [-0.05, 0) is 39.1 Å². The molecule has 1 fully saturated rings. The molecule has 0 bridgehead atoms. The predicted octanol–water partition coefficient (Wildman–Crippen LogP) is 4.82. The largest absolute Gasteiger partial charge is 0.417 e. The van der Waals surface area contributed by atoms with Crippen LogP contribution in [0.4, 0.5) is 28.9 Å². The minimum atomic E-state index is -4.88. The number of benzene rings is 1. The van der Waals surface area contributed by atoms with Crippen LogP contribution in [0.5, 0.6) is 0 Å². The fraction of sp³-hybridized carbons (Fsp3) is 0.385. The zero-order valence-corrected chi connectivity index (χ0v) is 23.1. The number of likely N-dealkylation sites (N-methyl/N-ethyl adjacent to an activating group) is 1. The van der Waals surface area contributed by atoms with Gasteiger partial charge in [0.05, 0.1) is 22.6 Å². The van der Waals surface area contributed by atoms with Crippen molar-refractivity contribution < 1.29 is 27.2 Å². The summed E-state index contributed by atoms with van der Waals surface area (Å²) in [6.45, 7) is 5.00. The molecule has 2 N–H and O–H groups in total. The molecule has 0 aliphatic carbocycles. The minimum absolute atomic E-state index is 0.0199. The number of anilines is 2. The molecule has 1 aliphatic heterocycles.